The van der Waals surface area contributed by atoms with Gasteiger partial charge in [0, 0.05) is 22.9 Å². The summed E-state index contributed by atoms with van der Waals surface area (Å²) in [6.45, 7) is 2.20. The third kappa shape index (κ3) is 4.22. The number of rotatable bonds is 5. The maximum absolute atomic E-state index is 9.00. The molecule has 0 unspecified atom stereocenters. The Kier molecular flexibility index (Phi) is 5.29. The lowest BCUT2D eigenvalue weighted by atomic mass is 10.0. The molecule has 0 bridgehead atoms. The topological polar surface area (TPSA) is 33.1 Å². The number of aliphatic hydroxyl groups is 1. The average molecular weight is 338 g/mol. The number of hydrogen-bond acceptors (Lipinski definition) is 2. The van der Waals surface area contributed by atoms with Gasteiger partial charge in [0.1, 0.15) is 0 Å². The molecule has 2 nitrogen and oxygen atoms in total. The first-order chi connectivity index (χ1) is 11.6. The molecule has 1 N–H and O–H groups in total. The van der Waals surface area contributed by atoms with E-state index in [1.54, 1.807) is 0 Å². The first-order valence-electron chi connectivity index (χ1n) is 8.06. The van der Waals surface area contributed by atoms with Gasteiger partial charge >= 0.3 is 0 Å². The summed E-state index contributed by atoms with van der Waals surface area (Å²) in [6, 6.07) is 20.4. The lowest BCUT2D eigenvalue weighted by Gasteiger charge is -2.08. The Morgan fingerprint density at radius 1 is 0.917 bits per heavy atom. The van der Waals surface area contributed by atoms with Crippen LogP contribution in [0, 0.1) is 6.92 Å². The number of benzene rings is 2. The van der Waals surface area contributed by atoms with Crippen LogP contribution in [0.25, 0.3) is 11.3 Å². The minimum absolute atomic E-state index is 0.186. The molecule has 0 amide bonds. The zero-order chi connectivity index (χ0) is 16.9. The van der Waals surface area contributed by atoms with Crippen LogP contribution in [0.1, 0.15) is 22.4 Å². The lowest BCUT2D eigenvalue weighted by Crippen LogP contribution is -1.95. The van der Waals surface area contributed by atoms with Crippen molar-refractivity contribution in [2.24, 2.45) is 0 Å². The molecule has 1 heterocycles. The third-order valence-electron chi connectivity index (χ3n) is 3.97. The number of aliphatic hydroxyl groups excluding tert-OH is 1. The third-order valence-corrected chi connectivity index (χ3v) is 4.20. The molecule has 0 aliphatic heterocycles. The van der Waals surface area contributed by atoms with Crippen molar-refractivity contribution in [2.75, 3.05) is 6.61 Å². The van der Waals surface area contributed by atoms with Crippen molar-refractivity contribution >= 4 is 11.6 Å². The Morgan fingerprint density at radius 2 is 1.67 bits per heavy atom. The van der Waals surface area contributed by atoms with Crippen molar-refractivity contribution in [3.8, 4) is 11.3 Å². The van der Waals surface area contributed by atoms with E-state index in [1.807, 2.05) is 31.2 Å². The highest BCUT2D eigenvalue weighted by Gasteiger charge is 2.05. The Labute approximate surface area is 147 Å². The molecule has 0 radical (unpaired) electrons. The van der Waals surface area contributed by atoms with E-state index >= 15 is 0 Å². The van der Waals surface area contributed by atoms with Gasteiger partial charge in [0.25, 0.3) is 0 Å². The summed E-state index contributed by atoms with van der Waals surface area (Å²) < 4.78 is 0. The van der Waals surface area contributed by atoms with Crippen molar-refractivity contribution in [3.63, 3.8) is 0 Å². The van der Waals surface area contributed by atoms with E-state index in [0.717, 1.165) is 34.0 Å². The number of aromatic nitrogens is 1. The van der Waals surface area contributed by atoms with Gasteiger partial charge in [0.15, 0.2) is 0 Å². The van der Waals surface area contributed by atoms with Gasteiger partial charge in [-0.3, -0.25) is 4.98 Å². The highest BCUT2D eigenvalue weighted by atomic mass is 35.5. The maximum Gasteiger partial charge on any atom is 0.0708 e. The first kappa shape index (κ1) is 16.7. The van der Waals surface area contributed by atoms with E-state index < -0.39 is 0 Å². The fraction of sp³-hybridized carbons (Fsp3) is 0.190. The summed E-state index contributed by atoms with van der Waals surface area (Å²) in [5.74, 6) is 0. The van der Waals surface area contributed by atoms with Crippen LogP contribution in [0.3, 0.4) is 0 Å². The number of pyridine rings is 1. The Balaban J connectivity index is 1.86. The second kappa shape index (κ2) is 7.61. The molecule has 0 spiro atoms. The van der Waals surface area contributed by atoms with Gasteiger partial charge in [0.2, 0.25) is 0 Å². The average Bonchev–Trinajstić information content (AvgIpc) is 2.56. The zero-order valence-corrected chi connectivity index (χ0v) is 14.4. The van der Waals surface area contributed by atoms with Crippen LogP contribution >= 0.6 is 11.6 Å². The monoisotopic (exact) mass is 337 g/mol. The first-order valence-corrected chi connectivity index (χ1v) is 8.44. The molecule has 3 rings (SSSR count). The van der Waals surface area contributed by atoms with E-state index in [0.29, 0.717) is 6.42 Å². The van der Waals surface area contributed by atoms with Crippen molar-refractivity contribution in [1.82, 2.24) is 4.98 Å². The molecule has 0 fully saturated rings. The highest BCUT2D eigenvalue weighted by molar-refractivity contribution is 6.30. The second-order valence-electron chi connectivity index (χ2n) is 5.98. The maximum atomic E-state index is 9.00. The van der Waals surface area contributed by atoms with Gasteiger partial charge in [-0.1, -0.05) is 48.0 Å². The SMILES string of the molecule is Cc1cc(Cc2ccc(CCO)cc2)cc(-c2cccc(Cl)c2)n1. The van der Waals surface area contributed by atoms with Gasteiger partial charge in [-0.2, -0.15) is 0 Å². The number of hydrogen-bond donors (Lipinski definition) is 1. The van der Waals surface area contributed by atoms with Gasteiger partial charge in [0.05, 0.1) is 5.69 Å². The van der Waals surface area contributed by atoms with Crippen LogP contribution in [-0.4, -0.2) is 16.7 Å². The molecule has 0 atom stereocenters. The van der Waals surface area contributed by atoms with Crippen LogP contribution in [0.4, 0.5) is 0 Å². The minimum Gasteiger partial charge on any atom is -0.396 e. The molecule has 0 saturated carbocycles. The van der Waals surface area contributed by atoms with E-state index in [2.05, 4.69) is 41.4 Å². The molecule has 2 aromatic carbocycles. The van der Waals surface area contributed by atoms with Crippen molar-refractivity contribution in [2.45, 2.75) is 19.8 Å². The molecule has 0 aliphatic rings. The van der Waals surface area contributed by atoms with Gasteiger partial charge < -0.3 is 5.11 Å². The Bertz CT molecular complexity index is 827. The van der Waals surface area contributed by atoms with E-state index in [4.69, 9.17) is 16.7 Å². The summed E-state index contributed by atoms with van der Waals surface area (Å²) >= 11 is 6.10. The lowest BCUT2D eigenvalue weighted by molar-refractivity contribution is 0.299. The second-order valence-corrected chi connectivity index (χ2v) is 6.42. The van der Waals surface area contributed by atoms with Crippen LogP contribution in [0.5, 0.6) is 0 Å². The Hall–Kier alpha value is -2.16. The quantitative estimate of drug-likeness (QED) is 0.723. The predicted molar refractivity (Wildman–Crippen MR) is 99.5 cm³/mol. The van der Waals surface area contributed by atoms with Crippen LogP contribution in [0.15, 0.2) is 60.7 Å². The molecule has 122 valence electrons. The summed E-state index contributed by atoms with van der Waals surface area (Å²) in [4.78, 5) is 4.64. The van der Waals surface area contributed by atoms with Crippen LogP contribution in [-0.2, 0) is 12.8 Å². The van der Waals surface area contributed by atoms with Gasteiger partial charge in [-0.05, 0) is 60.7 Å². The number of aryl methyl sites for hydroxylation is 1. The smallest absolute Gasteiger partial charge is 0.0708 e. The standard InChI is InChI=1S/C21H20ClNO/c1-15-11-18(12-17-7-5-16(6-8-17)9-10-24)13-21(23-15)19-3-2-4-20(22)14-19/h2-8,11,13-14,24H,9-10,12H2,1H3. The van der Waals surface area contributed by atoms with Gasteiger partial charge in [-0.15, -0.1) is 0 Å². The van der Waals surface area contributed by atoms with Gasteiger partial charge in [-0.25, -0.2) is 0 Å². The molecule has 0 aliphatic carbocycles. The summed E-state index contributed by atoms with van der Waals surface area (Å²) in [5, 5.41) is 9.72. The molecule has 3 aromatic rings. The number of nitrogens with zero attached hydrogens (tertiary/aromatic N) is 1. The van der Waals surface area contributed by atoms with Crippen molar-refractivity contribution < 1.29 is 5.11 Å². The fourth-order valence-corrected chi connectivity index (χ4v) is 3.02. The predicted octanol–water partition coefficient (Wildman–Crippen LogP) is 4.84. The molecule has 0 saturated heterocycles. The number of halogens is 1. The largest absolute Gasteiger partial charge is 0.396 e. The molecule has 1 aromatic heterocycles. The molecular formula is C21H20ClNO. The highest BCUT2D eigenvalue weighted by Crippen LogP contribution is 2.23. The molecule has 3 heteroatoms. The van der Waals surface area contributed by atoms with Crippen LogP contribution < -0.4 is 0 Å². The van der Waals surface area contributed by atoms with Crippen LogP contribution in [0.2, 0.25) is 5.02 Å². The van der Waals surface area contributed by atoms with Crippen molar-refractivity contribution in [3.05, 3.63) is 88.1 Å². The minimum atomic E-state index is 0.186. The van der Waals surface area contributed by atoms with Crippen molar-refractivity contribution in [1.29, 1.82) is 0 Å². The van der Waals surface area contributed by atoms with E-state index in [1.165, 1.54) is 11.1 Å². The normalized spacial score (nSPS) is 10.8. The van der Waals surface area contributed by atoms with E-state index in [9.17, 15) is 0 Å². The van der Waals surface area contributed by atoms with E-state index in [-0.39, 0.29) is 6.61 Å². The summed E-state index contributed by atoms with van der Waals surface area (Å²) in [7, 11) is 0. The molecule has 24 heavy (non-hydrogen) atoms. The Morgan fingerprint density at radius 3 is 2.38 bits per heavy atom. The zero-order valence-electron chi connectivity index (χ0n) is 13.7. The molecular weight excluding hydrogens is 318 g/mol. The fourth-order valence-electron chi connectivity index (χ4n) is 2.83. The summed E-state index contributed by atoms with van der Waals surface area (Å²) in [5.41, 5.74) is 6.62. The summed E-state index contributed by atoms with van der Waals surface area (Å²) in [6.07, 6.45) is 1.56.